The molecule has 5 nitrogen and oxygen atoms in total. The summed E-state index contributed by atoms with van der Waals surface area (Å²) in [5, 5.41) is -0.469. The van der Waals surface area contributed by atoms with Gasteiger partial charge in [0.1, 0.15) is 10.3 Å². The molecule has 0 bridgehead atoms. The first kappa shape index (κ1) is 13.4. The Balaban J connectivity index is 2.45. The van der Waals surface area contributed by atoms with Crippen LogP contribution in [0.5, 0.6) is 0 Å². The molecule has 2 aromatic rings. The predicted molar refractivity (Wildman–Crippen MR) is 75.3 cm³/mol. The molecule has 0 spiro atoms. The van der Waals surface area contributed by atoms with E-state index in [-0.39, 0.29) is 0 Å². The predicted octanol–water partition coefficient (Wildman–Crippen LogP) is 2.56. The van der Waals surface area contributed by atoms with Gasteiger partial charge in [-0.15, -0.1) is 0 Å². The van der Waals surface area contributed by atoms with Crippen LogP contribution >= 0.6 is 15.9 Å². The molecule has 0 saturated heterocycles. The largest absolute Gasteiger partial charge is 0.301 e. The van der Waals surface area contributed by atoms with E-state index in [1.165, 1.54) is 0 Å². The number of pyridine rings is 1. The van der Waals surface area contributed by atoms with Crippen molar-refractivity contribution in [3.63, 3.8) is 0 Å². The van der Waals surface area contributed by atoms with Crippen LogP contribution < -0.4 is 4.72 Å². The highest BCUT2D eigenvalue weighted by Crippen LogP contribution is 2.20. The minimum Gasteiger partial charge on any atom is -0.301 e. The van der Waals surface area contributed by atoms with Crippen LogP contribution in [-0.2, 0) is 10.0 Å². The molecule has 2 rings (SSSR count). The number of hydrogen-bond donors (Lipinski definition) is 1. The molecule has 18 heavy (non-hydrogen) atoms. The average Bonchev–Trinajstić information content (AvgIpc) is 2.55. The van der Waals surface area contributed by atoms with E-state index in [1.807, 2.05) is 11.3 Å². The maximum absolute atomic E-state index is 11.8. The van der Waals surface area contributed by atoms with Crippen molar-refractivity contribution in [2.75, 3.05) is 4.72 Å². The average molecular weight is 332 g/mol. The Kier molecular flexibility index (Phi) is 3.37. The molecule has 7 heteroatoms. The van der Waals surface area contributed by atoms with Crippen molar-refractivity contribution in [1.82, 2.24) is 9.38 Å². The van der Waals surface area contributed by atoms with Crippen molar-refractivity contribution in [2.24, 2.45) is 0 Å². The van der Waals surface area contributed by atoms with Crippen molar-refractivity contribution in [3.8, 4) is 0 Å². The maximum atomic E-state index is 11.8. The second-order valence-corrected chi connectivity index (χ2v) is 7.32. The number of nitrogens with one attached hydrogen (secondary N) is 1. The summed E-state index contributed by atoms with van der Waals surface area (Å²) in [7, 11) is -3.32. The molecule has 2 aromatic heterocycles. The molecular weight excluding hydrogens is 318 g/mol. The number of imidazole rings is 1. The summed E-state index contributed by atoms with van der Waals surface area (Å²) in [5.41, 5.74) is 2.23. The smallest absolute Gasteiger partial charge is 0.235 e. The van der Waals surface area contributed by atoms with Gasteiger partial charge in [0.2, 0.25) is 10.0 Å². The number of hydrogen-bond acceptors (Lipinski definition) is 3. The number of halogens is 1. The number of aromatic nitrogens is 2. The molecule has 0 aliphatic heterocycles. The van der Waals surface area contributed by atoms with Gasteiger partial charge in [0, 0.05) is 6.20 Å². The zero-order valence-corrected chi connectivity index (χ0v) is 12.7. The number of rotatable bonds is 3. The Hall–Kier alpha value is -1.08. The number of aryl methyl sites for hydroxylation is 1. The molecule has 2 heterocycles. The zero-order valence-electron chi connectivity index (χ0n) is 10.3. The standard InChI is InChI=1S/C11H14BrN3O2S/c1-7(2)18(16,17)14-9-4-5-10-13-11(12)8(3)15(10)6-9/h4-7,14H,1-3H3. The molecule has 0 saturated carbocycles. The van der Waals surface area contributed by atoms with Crippen LogP contribution in [0.15, 0.2) is 22.9 Å². The van der Waals surface area contributed by atoms with Crippen LogP contribution in [0.1, 0.15) is 19.5 Å². The molecular formula is C11H14BrN3O2S. The summed E-state index contributed by atoms with van der Waals surface area (Å²) in [4.78, 5) is 4.29. The van der Waals surface area contributed by atoms with Crippen LogP contribution in [0.3, 0.4) is 0 Å². The SMILES string of the molecule is Cc1c(Br)nc2ccc(NS(=O)(=O)C(C)C)cn12. The van der Waals surface area contributed by atoms with Crippen molar-refractivity contribution in [3.05, 3.63) is 28.6 Å². The number of fused-ring (bicyclic) bond motifs is 1. The normalized spacial score (nSPS) is 12.3. The summed E-state index contributed by atoms with van der Waals surface area (Å²) in [5.74, 6) is 0. The first-order chi connectivity index (χ1) is 8.31. The second-order valence-electron chi connectivity index (χ2n) is 4.33. The molecule has 98 valence electrons. The lowest BCUT2D eigenvalue weighted by atomic mass is 10.4. The third kappa shape index (κ3) is 2.37. The van der Waals surface area contributed by atoms with Crippen LogP contribution in [0, 0.1) is 6.92 Å². The minimum atomic E-state index is -3.32. The van der Waals surface area contributed by atoms with Crippen molar-refractivity contribution in [2.45, 2.75) is 26.0 Å². The van der Waals surface area contributed by atoms with E-state index in [2.05, 4.69) is 25.6 Å². The van der Waals surface area contributed by atoms with E-state index in [4.69, 9.17) is 0 Å². The van der Waals surface area contributed by atoms with Crippen LogP contribution in [-0.4, -0.2) is 23.1 Å². The molecule has 0 aromatic carbocycles. The van der Waals surface area contributed by atoms with Gasteiger partial charge in [0.05, 0.1) is 16.6 Å². The van der Waals surface area contributed by atoms with Gasteiger partial charge in [-0.3, -0.25) is 4.72 Å². The van der Waals surface area contributed by atoms with E-state index in [0.29, 0.717) is 5.69 Å². The Labute approximate surface area is 114 Å². The van der Waals surface area contributed by atoms with Gasteiger partial charge in [-0.25, -0.2) is 13.4 Å². The quantitative estimate of drug-likeness (QED) is 0.940. The maximum Gasteiger partial charge on any atom is 0.235 e. The highest BCUT2D eigenvalue weighted by Gasteiger charge is 2.16. The molecule has 0 atom stereocenters. The lowest BCUT2D eigenvalue weighted by Gasteiger charge is -2.11. The summed E-state index contributed by atoms with van der Waals surface area (Å²) in [6, 6.07) is 3.48. The van der Waals surface area contributed by atoms with Crippen LogP contribution in [0.25, 0.3) is 5.65 Å². The first-order valence-electron chi connectivity index (χ1n) is 5.47. The number of nitrogens with zero attached hydrogens (tertiary/aromatic N) is 2. The van der Waals surface area contributed by atoms with E-state index in [0.717, 1.165) is 15.9 Å². The van der Waals surface area contributed by atoms with Gasteiger partial charge in [0.15, 0.2) is 0 Å². The fourth-order valence-electron chi connectivity index (χ4n) is 1.48. The van der Waals surface area contributed by atoms with Gasteiger partial charge < -0.3 is 4.40 Å². The molecule has 0 radical (unpaired) electrons. The fraction of sp³-hybridized carbons (Fsp3) is 0.364. The Morgan fingerprint density at radius 2 is 2.06 bits per heavy atom. The van der Waals surface area contributed by atoms with Gasteiger partial charge in [-0.05, 0) is 48.8 Å². The first-order valence-corrected chi connectivity index (χ1v) is 7.81. The van der Waals surface area contributed by atoms with Crippen molar-refractivity contribution < 1.29 is 8.42 Å². The summed E-state index contributed by atoms with van der Waals surface area (Å²) >= 11 is 3.35. The van der Waals surface area contributed by atoms with E-state index in [9.17, 15) is 8.42 Å². The highest BCUT2D eigenvalue weighted by molar-refractivity contribution is 9.10. The summed E-state index contributed by atoms with van der Waals surface area (Å²) in [6.07, 6.45) is 1.72. The Bertz CT molecular complexity index is 692. The van der Waals surface area contributed by atoms with Crippen molar-refractivity contribution >= 4 is 37.3 Å². The van der Waals surface area contributed by atoms with Gasteiger partial charge in [-0.2, -0.15) is 0 Å². The summed E-state index contributed by atoms with van der Waals surface area (Å²) < 4.78 is 28.7. The van der Waals surface area contributed by atoms with Gasteiger partial charge >= 0.3 is 0 Å². The molecule has 0 fully saturated rings. The molecule has 0 aliphatic rings. The number of anilines is 1. The third-order valence-corrected chi connectivity index (χ3v) is 5.19. The summed E-state index contributed by atoms with van der Waals surface area (Å²) in [6.45, 7) is 5.19. The molecule has 0 amide bonds. The van der Waals surface area contributed by atoms with Crippen molar-refractivity contribution in [1.29, 1.82) is 0 Å². The minimum absolute atomic E-state index is 0.469. The zero-order chi connectivity index (χ0) is 13.5. The molecule has 0 unspecified atom stereocenters. The van der Waals surface area contributed by atoms with Crippen LogP contribution in [0.4, 0.5) is 5.69 Å². The number of sulfonamides is 1. The monoisotopic (exact) mass is 331 g/mol. The second kappa shape index (κ2) is 4.55. The van der Waals surface area contributed by atoms with E-state index in [1.54, 1.807) is 32.2 Å². The Morgan fingerprint density at radius 3 is 2.67 bits per heavy atom. The van der Waals surface area contributed by atoms with E-state index < -0.39 is 15.3 Å². The third-order valence-electron chi connectivity index (χ3n) is 2.68. The molecule has 1 N–H and O–H groups in total. The van der Waals surface area contributed by atoms with E-state index >= 15 is 0 Å². The molecule has 0 aliphatic carbocycles. The lowest BCUT2D eigenvalue weighted by Crippen LogP contribution is -2.22. The fourth-order valence-corrected chi connectivity index (χ4v) is 2.53. The highest BCUT2D eigenvalue weighted by atomic mass is 79.9. The Morgan fingerprint density at radius 1 is 1.39 bits per heavy atom. The van der Waals surface area contributed by atoms with Gasteiger partial charge in [-0.1, -0.05) is 0 Å². The van der Waals surface area contributed by atoms with Gasteiger partial charge in [0.25, 0.3) is 0 Å². The topological polar surface area (TPSA) is 63.5 Å². The van der Waals surface area contributed by atoms with Crippen LogP contribution in [0.2, 0.25) is 0 Å². The lowest BCUT2D eigenvalue weighted by molar-refractivity contribution is 0.592.